The molecule has 0 bridgehead atoms. The third kappa shape index (κ3) is 6.19. The number of nitrogens with one attached hydrogen (secondary N) is 1. The fourth-order valence-corrected chi connectivity index (χ4v) is 5.82. The molecule has 0 aliphatic carbocycles. The first-order valence-corrected chi connectivity index (χ1v) is 14.9. The van der Waals surface area contributed by atoms with Crippen LogP contribution in [0.1, 0.15) is 30.5 Å². The fraction of sp³-hybridized carbons (Fsp3) is 0.344. The number of rotatable bonds is 8. The topological polar surface area (TPSA) is 133 Å². The second-order valence-corrected chi connectivity index (χ2v) is 11.1. The van der Waals surface area contributed by atoms with Gasteiger partial charge >= 0.3 is 0 Å². The van der Waals surface area contributed by atoms with E-state index in [1.54, 1.807) is 29.5 Å². The first-order valence-electron chi connectivity index (χ1n) is 14.9. The normalized spacial score (nSPS) is 17.6. The zero-order valence-corrected chi connectivity index (χ0v) is 24.8. The molecule has 0 saturated carbocycles. The van der Waals surface area contributed by atoms with Gasteiger partial charge in [0.15, 0.2) is 23.0 Å². The van der Waals surface area contributed by atoms with Crippen LogP contribution < -0.4 is 29.2 Å². The van der Waals surface area contributed by atoms with Gasteiger partial charge in [-0.1, -0.05) is 12.1 Å². The number of ether oxygens (including phenoxy) is 4. The minimum Gasteiger partial charge on any atom is -0.486 e. The van der Waals surface area contributed by atoms with Crippen LogP contribution in [0.25, 0.3) is 5.95 Å². The molecule has 7 rings (SSSR count). The Morgan fingerprint density at radius 1 is 0.956 bits per heavy atom. The number of amides is 2. The largest absolute Gasteiger partial charge is 0.486 e. The molecule has 1 fully saturated rings. The van der Waals surface area contributed by atoms with Gasteiger partial charge in [-0.15, -0.1) is 0 Å². The van der Waals surface area contributed by atoms with Crippen LogP contribution in [-0.4, -0.2) is 81.9 Å². The number of nitrogens with zero attached hydrogens (tertiary/aromatic N) is 6. The molecular weight excluding hydrogens is 578 g/mol. The van der Waals surface area contributed by atoms with Crippen LogP contribution in [0.4, 0.5) is 5.82 Å². The van der Waals surface area contributed by atoms with E-state index in [0.29, 0.717) is 67.6 Å². The van der Waals surface area contributed by atoms with E-state index in [1.807, 2.05) is 54.3 Å². The van der Waals surface area contributed by atoms with Crippen LogP contribution in [0.3, 0.4) is 0 Å². The molecule has 2 aromatic heterocycles. The van der Waals surface area contributed by atoms with Crippen LogP contribution in [0.2, 0.25) is 0 Å². The molecule has 3 aliphatic heterocycles. The van der Waals surface area contributed by atoms with Crippen LogP contribution in [0.15, 0.2) is 67.4 Å². The quantitative estimate of drug-likeness (QED) is 0.317. The smallest absolute Gasteiger partial charge is 0.236 e. The molecule has 2 amide bonds. The van der Waals surface area contributed by atoms with Crippen molar-refractivity contribution >= 4 is 17.6 Å². The van der Waals surface area contributed by atoms with Gasteiger partial charge < -0.3 is 34.1 Å². The Kier molecular flexibility index (Phi) is 7.80. The van der Waals surface area contributed by atoms with Gasteiger partial charge in [-0.25, -0.2) is 9.97 Å². The minimum absolute atomic E-state index is 0.0228. The molecule has 3 aliphatic rings. The summed E-state index contributed by atoms with van der Waals surface area (Å²) in [6.45, 7) is 4.47. The van der Waals surface area contributed by atoms with Crippen molar-refractivity contribution in [1.82, 2.24) is 29.7 Å². The lowest BCUT2D eigenvalue weighted by Gasteiger charge is -2.42. The third-order valence-electron chi connectivity index (χ3n) is 8.15. The van der Waals surface area contributed by atoms with Gasteiger partial charge in [-0.05, 0) is 48.4 Å². The third-order valence-corrected chi connectivity index (χ3v) is 8.15. The molecule has 0 radical (unpaired) electrons. The van der Waals surface area contributed by atoms with Gasteiger partial charge in [-0.2, -0.15) is 4.98 Å². The molecule has 0 spiro atoms. The predicted molar refractivity (Wildman–Crippen MR) is 162 cm³/mol. The van der Waals surface area contributed by atoms with E-state index in [4.69, 9.17) is 23.9 Å². The molecule has 13 heteroatoms. The molecule has 45 heavy (non-hydrogen) atoms. The lowest BCUT2D eigenvalue weighted by atomic mass is 10.0. The maximum absolute atomic E-state index is 13.5. The number of hydrogen-bond donors (Lipinski definition) is 1. The molecule has 5 heterocycles. The highest BCUT2D eigenvalue weighted by Gasteiger charge is 2.33. The molecular formula is C32H33N7O6. The van der Waals surface area contributed by atoms with E-state index < -0.39 is 0 Å². The first kappa shape index (κ1) is 28.4. The van der Waals surface area contributed by atoms with Crippen molar-refractivity contribution in [3.8, 4) is 28.9 Å². The second kappa shape index (κ2) is 12.3. The van der Waals surface area contributed by atoms with Crippen molar-refractivity contribution in [2.45, 2.75) is 31.8 Å². The fourth-order valence-electron chi connectivity index (χ4n) is 5.82. The monoisotopic (exact) mass is 611 g/mol. The summed E-state index contributed by atoms with van der Waals surface area (Å²) in [4.78, 5) is 44.2. The summed E-state index contributed by atoms with van der Waals surface area (Å²) in [6.07, 6.45) is 7.14. The number of hydrogen-bond acceptors (Lipinski definition) is 10. The summed E-state index contributed by atoms with van der Waals surface area (Å²) < 4.78 is 24.0. The van der Waals surface area contributed by atoms with E-state index in [2.05, 4.69) is 20.2 Å². The van der Waals surface area contributed by atoms with Crippen molar-refractivity contribution < 1.29 is 28.5 Å². The number of anilines is 1. The Hall–Kier alpha value is -5.33. The molecule has 1 N–H and O–H groups in total. The molecule has 13 nitrogen and oxygen atoms in total. The number of carbonyl (C=O) groups excluding carboxylic acids is 2. The average Bonchev–Trinajstić information content (AvgIpc) is 3.77. The molecule has 2 atom stereocenters. The van der Waals surface area contributed by atoms with Gasteiger partial charge in [0.1, 0.15) is 25.4 Å². The summed E-state index contributed by atoms with van der Waals surface area (Å²) in [7, 11) is 0. The van der Waals surface area contributed by atoms with Gasteiger partial charge in [0, 0.05) is 44.6 Å². The SMILES string of the molecule is CC(NC(=O)CC1CN(C(=O)Cc2ccc3c(c2)OCO3)CCN1c1ccnc(-n2ccnc2)n1)c1ccc2c(c1)OCCO2. The van der Waals surface area contributed by atoms with Gasteiger partial charge in [0.25, 0.3) is 0 Å². The van der Waals surface area contributed by atoms with E-state index in [0.717, 1.165) is 11.1 Å². The number of benzene rings is 2. The highest BCUT2D eigenvalue weighted by atomic mass is 16.7. The Morgan fingerprint density at radius 3 is 2.62 bits per heavy atom. The second-order valence-electron chi connectivity index (χ2n) is 11.1. The Bertz CT molecular complexity index is 1700. The minimum atomic E-state index is -0.322. The number of aromatic nitrogens is 4. The number of imidazole rings is 1. The van der Waals surface area contributed by atoms with Gasteiger partial charge in [-0.3, -0.25) is 14.2 Å². The number of piperazine rings is 1. The number of fused-ring (bicyclic) bond motifs is 2. The van der Waals surface area contributed by atoms with Crippen molar-refractivity contribution in [3.05, 3.63) is 78.5 Å². The summed E-state index contributed by atoms with van der Waals surface area (Å²) in [5.74, 6) is 3.68. The molecule has 2 unspecified atom stereocenters. The van der Waals surface area contributed by atoms with Crippen LogP contribution in [-0.2, 0) is 16.0 Å². The lowest BCUT2D eigenvalue weighted by molar-refractivity contribution is -0.132. The maximum Gasteiger partial charge on any atom is 0.236 e. The van der Waals surface area contributed by atoms with Crippen LogP contribution >= 0.6 is 0 Å². The lowest BCUT2D eigenvalue weighted by Crippen LogP contribution is -2.56. The van der Waals surface area contributed by atoms with Crippen LogP contribution in [0, 0.1) is 0 Å². The van der Waals surface area contributed by atoms with Gasteiger partial charge in [0.2, 0.25) is 24.6 Å². The van der Waals surface area contributed by atoms with E-state index >= 15 is 0 Å². The van der Waals surface area contributed by atoms with Gasteiger partial charge in [0.05, 0.1) is 18.5 Å². The van der Waals surface area contributed by atoms with E-state index in [-0.39, 0.29) is 43.5 Å². The first-order chi connectivity index (χ1) is 22.0. The van der Waals surface area contributed by atoms with Crippen molar-refractivity contribution in [2.24, 2.45) is 0 Å². The molecule has 2 aromatic carbocycles. The summed E-state index contributed by atoms with van der Waals surface area (Å²) >= 11 is 0. The maximum atomic E-state index is 13.5. The average molecular weight is 612 g/mol. The van der Waals surface area contributed by atoms with Crippen molar-refractivity contribution in [2.75, 3.05) is 44.5 Å². The Balaban J connectivity index is 1.08. The Labute approximate surface area is 259 Å². The van der Waals surface area contributed by atoms with Crippen molar-refractivity contribution in [3.63, 3.8) is 0 Å². The zero-order valence-electron chi connectivity index (χ0n) is 24.8. The van der Waals surface area contributed by atoms with E-state index in [1.165, 1.54) is 0 Å². The molecule has 232 valence electrons. The highest BCUT2D eigenvalue weighted by Crippen LogP contribution is 2.34. The van der Waals surface area contributed by atoms with Crippen molar-refractivity contribution in [1.29, 1.82) is 0 Å². The highest BCUT2D eigenvalue weighted by molar-refractivity contribution is 5.81. The summed E-state index contributed by atoms with van der Waals surface area (Å²) in [5.41, 5.74) is 1.75. The van der Waals surface area contributed by atoms with E-state index in [9.17, 15) is 9.59 Å². The Morgan fingerprint density at radius 2 is 1.76 bits per heavy atom. The standard InChI is InChI=1S/C32H33N7O6/c1-21(23-3-5-25-28(16-23)43-13-12-42-25)35-30(40)17-24-18-37(31(41)15-22-2-4-26-27(14-22)45-20-44-26)10-11-39(24)29-6-7-34-32(36-29)38-9-8-33-19-38/h2-9,14,16,19,21,24H,10-13,15,17-18,20H2,1H3,(H,35,40). The predicted octanol–water partition coefficient (Wildman–Crippen LogP) is 2.69. The van der Waals surface area contributed by atoms with Crippen LogP contribution in [0.5, 0.6) is 23.0 Å². The molecule has 4 aromatic rings. The zero-order chi connectivity index (χ0) is 30.8. The molecule has 1 saturated heterocycles. The summed E-state index contributed by atoms with van der Waals surface area (Å²) in [5, 5.41) is 3.13. The number of carbonyl (C=O) groups is 2. The summed E-state index contributed by atoms with van der Waals surface area (Å²) in [6, 6.07) is 12.5.